The molecule has 1 aromatic carbocycles. The smallest absolute Gasteiger partial charge is 0.229 e. The monoisotopic (exact) mass is 240 g/mol. The predicted octanol–water partition coefficient (Wildman–Crippen LogP) is 2.36. The summed E-state index contributed by atoms with van der Waals surface area (Å²) < 4.78 is 5.62. The number of fused-ring (bicyclic) bond motifs is 1. The van der Waals surface area contributed by atoms with Crippen LogP contribution < -0.4 is 11.5 Å². The molecule has 0 radical (unpaired) electrons. The largest absolute Gasteiger partial charge is 0.434 e. The Bertz CT molecular complexity index is 677. The second-order valence-electron chi connectivity index (χ2n) is 4.12. The van der Waals surface area contributed by atoms with Gasteiger partial charge in [0, 0.05) is 23.1 Å². The molecule has 0 atom stereocenters. The quantitative estimate of drug-likeness (QED) is 0.637. The first-order valence-electron chi connectivity index (χ1n) is 5.52. The van der Waals surface area contributed by atoms with Gasteiger partial charge in [-0.25, -0.2) is 4.98 Å². The van der Waals surface area contributed by atoms with Crippen molar-refractivity contribution in [1.29, 1.82) is 0 Å². The van der Waals surface area contributed by atoms with Crippen molar-refractivity contribution in [3.8, 4) is 11.5 Å². The fourth-order valence-corrected chi connectivity index (χ4v) is 1.78. The fraction of sp³-hybridized carbons (Fsp3) is 0.0769. The Morgan fingerprint density at radius 1 is 1.17 bits per heavy atom. The van der Waals surface area contributed by atoms with Crippen LogP contribution in [-0.2, 0) is 0 Å². The number of oxazole rings is 1. The number of benzene rings is 1. The third kappa shape index (κ3) is 1.57. The summed E-state index contributed by atoms with van der Waals surface area (Å²) in [6.07, 6.45) is 1.67. The molecule has 90 valence electrons. The maximum atomic E-state index is 5.89. The van der Waals surface area contributed by atoms with Crippen LogP contribution in [0.2, 0.25) is 0 Å². The van der Waals surface area contributed by atoms with Crippen LogP contribution in [0, 0.1) is 6.92 Å². The SMILES string of the molecule is Cc1c(N)cc(-c2nc3ncccc3o2)cc1N. The van der Waals surface area contributed by atoms with Crippen LogP contribution in [0.4, 0.5) is 11.4 Å². The lowest BCUT2D eigenvalue weighted by Gasteiger charge is -2.05. The van der Waals surface area contributed by atoms with Crippen LogP contribution in [0.15, 0.2) is 34.9 Å². The first-order chi connectivity index (χ1) is 8.65. The number of nitrogens with zero attached hydrogens (tertiary/aromatic N) is 2. The summed E-state index contributed by atoms with van der Waals surface area (Å²) in [5.41, 5.74) is 15.9. The first-order valence-corrected chi connectivity index (χ1v) is 5.52. The van der Waals surface area contributed by atoms with Gasteiger partial charge < -0.3 is 15.9 Å². The van der Waals surface area contributed by atoms with Crippen LogP contribution in [0.5, 0.6) is 0 Å². The number of pyridine rings is 1. The molecule has 0 aliphatic carbocycles. The van der Waals surface area contributed by atoms with Crippen molar-refractivity contribution in [2.24, 2.45) is 0 Å². The molecular formula is C13H12N4O. The minimum absolute atomic E-state index is 0.474. The molecular weight excluding hydrogens is 228 g/mol. The molecule has 0 amide bonds. The van der Waals surface area contributed by atoms with E-state index in [2.05, 4.69) is 9.97 Å². The van der Waals surface area contributed by atoms with E-state index in [4.69, 9.17) is 15.9 Å². The molecule has 2 heterocycles. The van der Waals surface area contributed by atoms with Gasteiger partial charge in [-0.15, -0.1) is 0 Å². The zero-order valence-electron chi connectivity index (χ0n) is 9.84. The Morgan fingerprint density at radius 3 is 2.56 bits per heavy atom. The van der Waals surface area contributed by atoms with Crippen molar-refractivity contribution in [2.45, 2.75) is 6.92 Å². The number of nitrogens with two attached hydrogens (primary N) is 2. The Balaban J connectivity index is 2.20. The highest BCUT2D eigenvalue weighted by Crippen LogP contribution is 2.29. The Hall–Kier alpha value is -2.56. The van der Waals surface area contributed by atoms with Crippen molar-refractivity contribution in [3.63, 3.8) is 0 Å². The van der Waals surface area contributed by atoms with Gasteiger partial charge in [-0.05, 0) is 36.8 Å². The Labute approximate surface area is 103 Å². The van der Waals surface area contributed by atoms with Crippen molar-refractivity contribution in [1.82, 2.24) is 9.97 Å². The Morgan fingerprint density at radius 2 is 1.89 bits per heavy atom. The summed E-state index contributed by atoms with van der Waals surface area (Å²) in [4.78, 5) is 8.43. The van der Waals surface area contributed by atoms with E-state index in [1.807, 2.05) is 13.0 Å². The van der Waals surface area contributed by atoms with Crippen molar-refractivity contribution >= 4 is 22.6 Å². The summed E-state index contributed by atoms with van der Waals surface area (Å²) in [6.45, 7) is 1.88. The lowest BCUT2D eigenvalue weighted by molar-refractivity contribution is 0.620. The highest BCUT2D eigenvalue weighted by Gasteiger charge is 2.11. The lowest BCUT2D eigenvalue weighted by Crippen LogP contribution is -1.96. The minimum Gasteiger partial charge on any atom is -0.434 e. The van der Waals surface area contributed by atoms with Gasteiger partial charge in [-0.1, -0.05) is 0 Å². The number of anilines is 2. The van der Waals surface area contributed by atoms with E-state index < -0.39 is 0 Å². The normalized spacial score (nSPS) is 10.9. The molecule has 0 saturated carbocycles. The second-order valence-corrected chi connectivity index (χ2v) is 4.12. The summed E-state index contributed by atoms with van der Waals surface area (Å²) in [5, 5.41) is 0. The Kier molecular flexibility index (Phi) is 2.19. The van der Waals surface area contributed by atoms with Gasteiger partial charge in [0.25, 0.3) is 0 Å². The maximum Gasteiger partial charge on any atom is 0.229 e. The molecule has 0 saturated heterocycles. The number of aromatic nitrogens is 2. The molecule has 0 fully saturated rings. The van der Waals surface area contributed by atoms with Gasteiger partial charge >= 0.3 is 0 Å². The van der Waals surface area contributed by atoms with Crippen LogP contribution in [-0.4, -0.2) is 9.97 Å². The van der Waals surface area contributed by atoms with Crippen molar-refractivity contribution in [3.05, 3.63) is 36.0 Å². The third-order valence-corrected chi connectivity index (χ3v) is 2.90. The van der Waals surface area contributed by atoms with Gasteiger partial charge in [-0.3, -0.25) is 0 Å². The van der Waals surface area contributed by atoms with E-state index in [-0.39, 0.29) is 0 Å². The number of hydrogen-bond donors (Lipinski definition) is 2. The van der Waals surface area contributed by atoms with E-state index in [1.54, 1.807) is 24.4 Å². The van der Waals surface area contributed by atoms with Crippen LogP contribution in [0.3, 0.4) is 0 Å². The first kappa shape index (κ1) is 10.6. The molecule has 0 aliphatic heterocycles. The lowest BCUT2D eigenvalue weighted by atomic mass is 10.1. The van der Waals surface area contributed by atoms with E-state index in [1.165, 1.54) is 0 Å². The second kappa shape index (κ2) is 3.73. The molecule has 4 N–H and O–H groups in total. The van der Waals surface area contributed by atoms with E-state index >= 15 is 0 Å². The van der Waals surface area contributed by atoms with E-state index in [0.717, 1.165) is 11.1 Å². The molecule has 3 rings (SSSR count). The molecule has 3 aromatic rings. The van der Waals surface area contributed by atoms with Gasteiger partial charge in [-0.2, -0.15) is 4.98 Å². The fourth-order valence-electron chi connectivity index (χ4n) is 1.78. The highest BCUT2D eigenvalue weighted by atomic mass is 16.3. The molecule has 0 bridgehead atoms. The third-order valence-electron chi connectivity index (χ3n) is 2.90. The molecule has 2 aromatic heterocycles. The van der Waals surface area contributed by atoms with Crippen molar-refractivity contribution < 1.29 is 4.42 Å². The minimum atomic E-state index is 0.474. The van der Waals surface area contributed by atoms with E-state index in [9.17, 15) is 0 Å². The standard InChI is InChI=1S/C13H12N4O/c1-7-9(14)5-8(6-10(7)15)13-17-12-11(18-13)3-2-4-16-12/h2-6H,14-15H2,1H3. The molecule has 0 spiro atoms. The summed E-state index contributed by atoms with van der Waals surface area (Å²) in [6, 6.07) is 7.22. The number of hydrogen-bond acceptors (Lipinski definition) is 5. The highest BCUT2D eigenvalue weighted by molar-refractivity contribution is 5.76. The maximum absolute atomic E-state index is 5.89. The zero-order valence-corrected chi connectivity index (χ0v) is 9.84. The average molecular weight is 240 g/mol. The molecule has 0 unspecified atom stereocenters. The van der Waals surface area contributed by atoms with Gasteiger partial charge in [0.05, 0.1) is 0 Å². The van der Waals surface area contributed by atoms with Crippen LogP contribution >= 0.6 is 0 Å². The predicted molar refractivity (Wildman–Crippen MR) is 70.8 cm³/mol. The summed E-state index contributed by atoms with van der Waals surface area (Å²) in [5.74, 6) is 0.474. The van der Waals surface area contributed by atoms with E-state index in [0.29, 0.717) is 28.5 Å². The molecule has 0 aliphatic rings. The van der Waals surface area contributed by atoms with Gasteiger partial charge in [0.2, 0.25) is 5.89 Å². The summed E-state index contributed by atoms with van der Waals surface area (Å²) >= 11 is 0. The molecule has 18 heavy (non-hydrogen) atoms. The molecule has 5 heteroatoms. The summed E-state index contributed by atoms with van der Waals surface area (Å²) in [7, 11) is 0. The van der Waals surface area contributed by atoms with Gasteiger partial charge in [0.1, 0.15) is 0 Å². The zero-order chi connectivity index (χ0) is 12.7. The number of nitrogen functional groups attached to an aromatic ring is 2. The van der Waals surface area contributed by atoms with Gasteiger partial charge in [0.15, 0.2) is 11.2 Å². The van der Waals surface area contributed by atoms with Crippen LogP contribution in [0.25, 0.3) is 22.7 Å². The molecule has 5 nitrogen and oxygen atoms in total. The average Bonchev–Trinajstić information content (AvgIpc) is 2.79. The topological polar surface area (TPSA) is 91.0 Å². The number of rotatable bonds is 1. The van der Waals surface area contributed by atoms with Crippen LogP contribution in [0.1, 0.15) is 5.56 Å². The van der Waals surface area contributed by atoms with Crippen molar-refractivity contribution in [2.75, 3.05) is 11.5 Å².